The lowest BCUT2D eigenvalue weighted by molar-refractivity contribution is 0.184. The van der Waals surface area contributed by atoms with Gasteiger partial charge in [0.25, 0.3) is 0 Å². The number of ether oxygens (including phenoxy) is 1. The molecule has 0 radical (unpaired) electrons. The SMILES string of the molecule is C=CC(C)(CO)Cc1cccc(OC)c1. The van der Waals surface area contributed by atoms with Crippen molar-refractivity contribution in [2.75, 3.05) is 13.7 Å². The van der Waals surface area contributed by atoms with E-state index in [0.717, 1.165) is 17.7 Å². The van der Waals surface area contributed by atoms with E-state index in [1.54, 1.807) is 13.2 Å². The van der Waals surface area contributed by atoms with Gasteiger partial charge >= 0.3 is 0 Å². The summed E-state index contributed by atoms with van der Waals surface area (Å²) in [5.74, 6) is 0.844. The Balaban J connectivity index is 2.83. The summed E-state index contributed by atoms with van der Waals surface area (Å²) in [5, 5.41) is 9.27. The summed E-state index contributed by atoms with van der Waals surface area (Å²) in [4.78, 5) is 0. The zero-order valence-electron chi connectivity index (χ0n) is 9.36. The second-order valence-corrected chi connectivity index (χ2v) is 4.04. The number of rotatable bonds is 5. The smallest absolute Gasteiger partial charge is 0.119 e. The Morgan fingerprint density at radius 1 is 1.53 bits per heavy atom. The zero-order chi connectivity index (χ0) is 11.3. The van der Waals surface area contributed by atoms with E-state index < -0.39 is 0 Å². The van der Waals surface area contributed by atoms with Crippen LogP contribution >= 0.6 is 0 Å². The van der Waals surface area contributed by atoms with E-state index in [1.807, 2.05) is 31.2 Å². The number of hydrogen-bond donors (Lipinski definition) is 1. The molecule has 1 atom stereocenters. The summed E-state index contributed by atoms with van der Waals surface area (Å²) in [6, 6.07) is 7.88. The second-order valence-electron chi connectivity index (χ2n) is 4.04. The van der Waals surface area contributed by atoms with Crippen LogP contribution in [0.15, 0.2) is 36.9 Å². The standard InChI is InChI=1S/C13H18O2/c1-4-13(2,10-14)9-11-6-5-7-12(8-11)15-3/h4-8,14H,1,9-10H2,2-3H3. The van der Waals surface area contributed by atoms with Crippen LogP contribution in [-0.2, 0) is 6.42 Å². The van der Waals surface area contributed by atoms with Crippen molar-refractivity contribution < 1.29 is 9.84 Å². The first-order valence-electron chi connectivity index (χ1n) is 5.01. The van der Waals surface area contributed by atoms with E-state index in [0.29, 0.717) is 0 Å². The number of aliphatic hydroxyl groups is 1. The second kappa shape index (κ2) is 4.99. The maximum absolute atomic E-state index is 9.27. The van der Waals surface area contributed by atoms with Crippen molar-refractivity contribution in [1.29, 1.82) is 0 Å². The third kappa shape index (κ3) is 3.10. The zero-order valence-corrected chi connectivity index (χ0v) is 9.36. The lowest BCUT2D eigenvalue weighted by Crippen LogP contribution is -2.21. The van der Waals surface area contributed by atoms with Crippen LogP contribution in [0.4, 0.5) is 0 Å². The Hall–Kier alpha value is -1.28. The van der Waals surface area contributed by atoms with Crippen LogP contribution in [-0.4, -0.2) is 18.8 Å². The first kappa shape index (κ1) is 11.8. The normalized spacial score (nSPS) is 14.3. The molecule has 0 heterocycles. The predicted octanol–water partition coefficient (Wildman–Crippen LogP) is 2.42. The Bertz CT molecular complexity index is 333. The highest BCUT2D eigenvalue weighted by Gasteiger charge is 2.19. The summed E-state index contributed by atoms with van der Waals surface area (Å²) in [7, 11) is 1.65. The molecule has 0 aliphatic rings. The minimum atomic E-state index is -0.258. The third-order valence-electron chi connectivity index (χ3n) is 2.60. The summed E-state index contributed by atoms with van der Waals surface area (Å²) in [6.45, 7) is 5.84. The van der Waals surface area contributed by atoms with Gasteiger partial charge in [0.05, 0.1) is 13.7 Å². The van der Waals surface area contributed by atoms with Gasteiger partial charge in [-0.05, 0) is 24.1 Å². The fraction of sp³-hybridized carbons (Fsp3) is 0.385. The van der Waals surface area contributed by atoms with Crippen LogP contribution in [0, 0.1) is 5.41 Å². The lowest BCUT2D eigenvalue weighted by atomic mass is 9.84. The van der Waals surface area contributed by atoms with Crippen LogP contribution < -0.4 is 4.74 Å². The van der Waals surface area contributed by atoms with E-state index in [-0.39, 0.29) is 12.0 Å². The minimum absolute atomic E-state index is 0.105. The van der Waals surface area contributed by atoms with Crippen LogP contribution in [0.5, 0.6) is 5.75 Å². The molecule has 0 fully saturated rings. The summed E-state index contributed by atoms with van der Waals surface area (Å²) in [5.41, 5.74) is 0.887. The van der Waals surface area contributed by atoms with Gasteiger partial charge in [-0.3, -0.25) is 0 Å². The molecule has 1 rings (SSSR count). The van der Waals surface area contributed by atoms with Gasteiger partial charge in [-0.25, -0.2) is 0 Å². The van der Waals surface area contributed by atoms with Crippen LogP contribution in [0.2, 0.25) is 0 Å². The Morgan fingerprint density at radius 3 is 2.80 bits per heavy atom. The molecule has 0 aliphatic carbocycles. The molecule has 15 heavy (non-hydrogen) atoms. The quantitative estimate of drug-likeness (QED) is 0.750. The summed E-state index contributed by atoms with van der Waals surface area (Å²) in [6.07, 6.45) is 2.57. The van der Waals surface area contributed by atoms with E-state index in [1.165, 1.54) is 0 Å². The molecule has 2 nitrogen and oxygen atoms in total. The molecule has 0 bridgehead atoms. The van der Waals surface area contributed by atoms with Crippen molar-refractivity contribution in [3.63, 3.8) is 0 Å². The number of hydrogen-bond acceptors (Lipinski definition) is 2. The average Bonchev–Trinajstić information content (AvgIpc) is 2.29. The van der Waals surface area contributed by atoms with E-state index in [4.69, 9.17) is 4.74 Å². The molecular formula is C13H18O2. The van der Waals surface area contributed by atoms with Gasteiger partial charge in [-0.15, -0.1) is 6.58 Å². The van der Waals surface area contributed by atoms with Crippen molar-refractivity contribution >= 4 is 0 Å². The molecule has 1 aromatic rings. The molecule has 1 N–H and O–H groups in total. The van der Waals surface area contributed by atoms with E-state index in [9.17, 15) is 5.11 Å². The van der Waals surface area contributed by atoms with Gasteiger partial charge in [0.15, 0.2) is 0 Å². The molecule has 0 spiro atoms. The first-order chi connectivity index (χ1) is 7.13. The molecule has 0 aliphatic heterocycles. The molecule has 0 saturated heterocycles. The largest absolute Gasteiger partial charge is 0.497 e. The maximum atomic E-state index is 9.27. The van der Waals surface area contributed by atoms with E-state index in [2.05, 4.69) is 6.58 Å². The van der Waals surface area contributed by atoms with Gasteiger partial charge in [-0.2, -0.15) is 0 Å². The fourth-order valence-corrected chi connectivity index (χ4v) is 1.44. The molecule has 1 unspecified atom stereocenters. The van der Waals surface area contributed by atoms with Crippen LogP contribution in [0.3, 0.4) is 0 Å². The summed E-state index contributed by atoms with van der Waals surface area (Å²) >= 11 is 0. The van der Waals surface area contributed by atoms with Crippen LogP contribution in [0.1, 0.15) is 12.5 Å². The predicted molar refractivity (Wildman–Crippen MR) is 62.1 cm³/mol. The molecule has 2 heteroatoms. The van der Waals surface area contributed by atoms with Crippen molar-refractivity contribution in [3.8, 4) is 5.75 Å². The molecule has 0 amide bonds. The highest BCUT2D eigenvalue weighted by atomic mass is 16.5. The Kier molecular flexibility index (Phi) is 3.92. The Morgan fingerprint density at radius 2 is 2.27 bits per heavy atom. The summed E-state index contributed by atoms with van der Waals surface area (Å²) < 4.78 is 5.15. The maximum Gasteiger partial charge on any atom is 0.119 e. The van der Waals surface area contributed by atoms with Crippen LogP contribution in [0.25, 0.3) is 0 Å². The van der Waals surface area contributed by atoms with Gasteiger partial charge in [0.1, 0.15) is 5.75 Å². The van der Waals surface area contributed by atoms with Gasteiger partial charge < -0.3 is 9.84 Å². The van der Waals surface area contributed by atoms with Crippen molar-refractivity contribution in [1.82, 2.24) is 0 Å². The number of benzene rings is 1. The minimum Gasteiger partial charge on any atom is -0.497 e. The van der Waals surface area contributed by atoms with Gasteiger partial charge in [0, 0.05) is 5.41 Å². The highest BCUT2D eigenvalue weighted by Crippen LogP contribution is 2.24. The molecule has 1 aromatic carbocycles. The monoisotopic (exact) mass is 206 g/mol. The fourth-order valence-electron chi connectivity index (χ4n) is 1.44. The van der Waals surface area contributed by atoms with Crippen molar-refractivity contribution in [3.05, 3.63) is 42.5 Å². The van der Waals surface area contributed by atoms with Gasteiger partial charge in [-0.1, -0.05) is 25.1 Å². The number of methoxy groups -OCH3 is 1. The lowest BCUT2D eigenvalue weighted by Gasteiger charge is -2.22. The molecular weight excluding hydrogens is 188 g/mol. The topological polar surface area (TPSA) is 29.5 Å². The third-order valence-corrected chi connectivity index (χ3v) is 2.60. The Labute approximate surface area is 91.2 Å². The average molecular weight is 206 g/mol. The van der Waals surface area contributed by atoms with E-state index >= 15 is 0 Å². The number of aliphatic hydroxyl groups excluding tert-OH is 1. The van der Waals surface area contributed by atoms with Gasteiger partial charge in [0.2, 0.25) is 0 Å². The first-order valence-corrected chi connectivity index (χ1v) is 5.01. The van der Waals surface area contributed by atoms with Crippen molar-refractivity contribution in [2.24, 2.45) is 5.41 Å². The molecule has 82 valence electrons. The van der Waals surface area contributed by atoms with Crippen molar-refractivity contribution in [2.45, 2.75) is 13.3 Å². The molecule has 0 aromatic heterocycles. The highest BCUT2D eigenvalue weighted by molar-refractivity contribution is 5.29. The molecule has 0 saturated carbocycles.